The molecule has 0 saturated carbocycles. The zero-order chi connectivity index (χ0) is 15.7. The van der Waals surface area contributed by atoms with Crippen LogP contribution in [-0.2, 0) is 16.0 Å². The molecule has 0 saturated heterocycles. The summed E-state index contributed by atoms with van der Waals surface area (Å²) in [5, 5.41) is 11.3. The number of rotatable bonds is 9. The minimum atomic E-state index is -0.842. The Morgan fingerprint density at radius 2 is 2.05 bits per heavy atom. The Labute approximate surface area is 129 Å². The molecule has 6 heteroatoms. The van der Waals surface area contributed by atoms with Crippen molar-refractivity contribution < 1.29 is 19.4 Å². The number of ether oxygens (including phenoxy) is 1. The fourth-order valence-electron chi connectivity index (χ4n) is 1.68. The smallest absolute Gasteiger partial charge is 0.313 e. The lowest BCUT2D eigenvalue weighted by atomic mass is 10.1. The third-order valence-electron chi connectivity index (χ3n) is 2.48. The van der Waals surface area contributed by atoms with Crippen molar-refractivity contribution in [2.75, 3.05) is 18.1 Å². The lowest BCUT2D eigenvalue weighted by Gasteiger charge is -2.14. The molecule has 0 heterocycles. The summed E-state index contributed by atoms with van der Waals surface area (Å²) >= 11 is 1.28. The first-order valence-corrected chi connectivity index (χ1v) is 7.95. The summed E-state index contributed by atoms with van der Waals surface area (Å²) in [5.74, 6) is 0.433. The van der Waals surface area contributed by atoms with Crippen molar-refractivity contribution >= 4 is 23.6 Å². The number of aliphatic carboxylic acids is 1. The van der Waals surface area contributed by atoms with Gasteiger partial charge in [-0.25, -0.2) is 0 Å². The molecular weight excluding hydrogens is 290 g/mol. The van der Waals surface area contributed by atoms with Gasteiger partial charge in [0.05, 0.1) is 18.3 Å². The van der Waals surface area contributed by atoms with Gasteiger partial charge in [0, 0.05) is 17.9 Å². The Kier molecular flexibility index (Phi) is 7.68. The highest BCUT2D eigenvalue weighted by Crippen LogP contribution is 2.19. The van der Waals surface area contributed by atoms with Crippen LogP contribution in [0, 0.1) is 0 Å². The van der Waals surface area contributed by atoms with Gasteiger partial charge in [-0.3, -0.25) is 9.59 Å². The molecule has 0 bridgehead atoms. The molecule has 0 fully saturated rings. The molecule has 116 valence electrons. The van der Waals surface area contributed by atoms with E-state index in [0.29, 0.717) is 12.3 Å². The van der Waals surface area contributed by atoms with Gasteiger partial charge in [0.15, 0.2) is 0 Å². The van der Waals surface area contributed by atoms with Crippen LogP contribution < -0.4 is 10.1 Å². The number of hydrogen-bond donors (Lipinski definition) is 2. The van der Waals surface area contributed by atoms with Gasteiger partial charge in [0.2, 0.25) is 5.91 Å². The number of para-hydroxylation sites is 1. The summed E-state index contributed by atoms with van der Waals surface area (Å²) in [5.41, 5.74) is 0.849. The molecule has 0 spiro atoms. The second-order valence-electron chi connectivity index (χ2n) is 4.75. The summed E-state index contributed by atoms with van der Waals surface area (Å²) in [6.45, 7) is 4.34. The van der Waals surface area contributed by atoms with Gasteiger partial charge in [-0.05, 0) is 19.9 Å². The molecular formula is C15H21NO4S. The first-order chi connectivity index (χ1) is 9.99. The topological polar surface area (TPSA) is 75.6 Å². The zero-order valence-electron chi connectivity index (χ0n) is 12.3. The molecule has 0 aliphatic heterocycles. The summed E-state index contributed by atoms with van der Waals surface area (Å²) in [6.07, 6.45) is 0.314. The number of carbonyl (C=O) groups is 2. The van der Waals surface area contributed by atoms with Gasteiger partial charge in [0.25, 0.3) is 0 Å². The number of thioether (sulfide) groups is 1. The molecule has 0 aliphatic rings. The van der Waals surface area contributed by atoms with Gasteiger partial charge in [0.1, 0.15) is 5.75 Å². The third kappa shape index (κ3) is 7.60. The van der Waals surface area contributed by atoms with E-state index in [2.05, 4.69) is 5.32 Å². The van der Waals surface area contributed by atoms with E-state index in [-0.39, 0.29) is 24.2 Å². The van der Waals surface area contributed by atoms with Crippen LogP contribution in [0.1, 0.15) is 19.4 Å². The molecule has 0 aromatic heterocycles. The zero-order valence-corrected chi connectivity index (χ0v) is 13.1. The molecule has 5 nitrogen and oxygen atoms in total. The van der Waals surface area contributed by atoms with E-state index in [1.807, 2.05) is 38.1 Å². The van der Waals surface area contributed by atoms with Crippen LogP contribution in [0.15, 0.2) is 24.3 Å². The summed E-state index contributed by atoms with van der Waals surface area (Å²) in [7, 11) is 0. The second kappa shape index (κ2) is 9.28. The largest absolute Gasteiger partial charge is 0.491 e. The minimum absolute atomic E-state index is 0.0565. The predicted molar refractivity (Wildman–Crippen MR) is 83.9 cm³/mol. The minimum Gasteiger partial charge on any atom is -0.491 e. The Hall–Kier alpha value is -1.69. The van der Waals surface area contributed by atoms with Crippen LogP contribution >= 0.6 is 11.8 Å². The molecule has 2 N–H and O–H groups in total. The molecule has 0 aliphatic carbocycles. The van der Waals surface area contributed by atoms with Crippen molar-refractivity contribution in [2.24, 2.45) is 0 Å². The summed E-state index contributed by atoms with van der Waals surface area (Å²) in [4.78, 5) is 22.2. The van der Waals surface area contributed by atoms with E-state index in [9.17, 15) is 9.59 Å². The van der Waals surface area contributed by atoms with Crippen molar-refractivity contribution in [3.8, 4) is 5.75 Å². The number of hydrogen-bond acceptors (Lipinski definition) is 4. The van der Waals surface area contributed by atoms with E-state index in [0.717, 1.165) is 11.3 Å². The molecule has 1 rings (SSSR count). The normalized spacial score (nSPS) is 10.4. The Morgan fingerprint density at radius 1 is 1.33 bits per heavy atom. The Morgan fingerprint density at radius 3 is 2.71 bits per heavy atom. The average Bonchev–Trinajstić information content (AvgIpc) is 2.39. The van der Waals surface area contributed by atoms with Crippen LogP contribution in [0.4, 0.5) is 0 Å². The van der Waals surface area contributed by atoms with E-state index in [1.54, 1.807) is 0 Å². The third-order valence-corrected chi connectivity index (χ3v) is 3.42. The SMILES string of the molecule is CC(C)Oc1ccccc1CC(=O)NCCSCC(=O)O. The lowest BCUT2D eigenvalue weighted by molar-refractivity contribution is -0.133. The van der Waals surface area contributed by atoms with Crippen molar-refractivity contribution in [3.05, 3.63) is 29.8 Å². The highest BCUT2D eigenvalue weighted by Gasteiger charge is 2.09. The first-order valence-electron chi connectivity index (χ1n) is 6.80. The van der Waals surface area contributed by atoms with Crippen LogP contribution in [0.2, 0.25) is 0 Å². The number of carbonyl (C=O) groups excluding carboxylic acids is 1. The van der Waals surface area contributed by atoms with Gasteiger partial charge >= 0.3 is 5.97 Å². The molecule has 0 atom stereocenters. The Bertz CT molecular complexity index is 476. The van der Waals surface area contributed by atoms with Crippen molar-refractivity contribution in [3.63, 3.8) is 0 Å². The number of benzene rings is 1. The van der Waals surface area contributed by atoms with Gasteiger partial charge in [-0.1, -0.05) is 18.2 Å². The predicted octanol–water partition coefficient (Wildman–Crippen LogP) is 1.95. The van der Waals surface area contributed by atoms with E-state index >= 15 is 0 Å². The number of carboxylic acid groups (broad SMARTS) is 1. The van der Waals surface area contributed by atoms with E-state index in [1.165, 1.54) is 11.8 Å². The van der Waals surface area contributed by atoms with Crippen molar-refractivity contribution in [1.29, 1.82) is 0 Å². The molecule has 1 amide bonds. The fraction of sp³-hybridized carbons (Fsp3) is 0.467. The van der Waals surface area contributed by atoms with Crippen molar-refractivity contribution in [2.45, 2.75) is 26.4 Å². The van der Waals surface area contributed by atoms with Crippen molar-refractivity contribution in [1.82, 2.24) is 5.32 Å². The van der Waals surface area contributed by atoms with E-state index < -0.39 is 5.97 Å². The summed E-state index contributed by atoms with van der Waals surface area (Å²) < 4.78 is 5.67. The molecule has 0 radical (unpaired) electrons. The van der Waals surface area contributed by atoms with Crippen LogP contribution in [0.3, 0.4) is 0 Å². The van der Waals surface area contributed by atoms with Crippen LogP contribution in [0.5, 0.6) is 5.75 Å². The maximum Gasteiger partial charge on any atom is 0.313 e. The number of amides is 1. The first kappa shape index (κ1) is 17.4. The second-order valence-corrected chi connectivity index (χ2v) is 5.85. The summed E-state index contributed by atoms with van der Waals surface area (Å²) in [6, 6.07) is 7.47. The maximum absolute atomic E-state index is 11.9. The number of nitrogens with one attached hydrogen (secondary N) is 1. The fourth-order valence-corrected chi connectivity index (χ4v) is 2.24. The lowest BCUT2D eigenvalue weighted by Crippen LogP contribution is -2.27. The number of carboxylic acids is 1. The standard InChI is InChI=1S/C15H21NO4S/c1-11(2)20-13-6-4-3-5-12(13)9-14(17)16-7-8-21-10-15(18)19/h3-6,11H,7-10H2,1-2H3,(H,16,17)(H,18,19). The highest BCUT2D eigenvalue weighted by atomic mass is 32.2. The van der Waals surface area contributed by atoms with Gasteiger partial charge < -0.3 is 15.2 Å². The monoisotopic (exact) mass is 311 g/mol. The molecule has 1 aromatic carbocycles. The highest BCUT2D eigenvalue weighted by molar-refractivity contribution is 7.99. The Balaban J connectivity index is 2.39. The van der Waals surface area contributed by atoms with Crippen LogP contribution in [0.25, 0.3) is 0 Å². The maximum atomic E-state index is 11.9. The average molecular weight is 311 g/mol. The van der Waals surface area contributed by atoms with E-state index in [4.69, 9.17) is 9.84 Å². The van der Waals surface area contributed by atoms with Crippen LogP contribution in [-0.4, -0.2) is 41.1 Å². The molecule has 21 heavy (non-hydrogen) atoms. The van der Waals surface area contributed by atoms with Gasteiger partial charge in [-0.15, -0.1) is 11.8 Å². The van der Waals surface area contributed by atoms with Gasteiger partial charge in [-0.2, -0.15) is 0 Å². The quantitative estimate of drug-likeness (QED) is 0.682. The molecule has 1 aromatic rings. The molecule has 0 unspecified atom stereocenters.